The fraction of sp³-hybridized carbons (Fsp3) is 0.320. The summed E-state index contributed by atoms with van der Waals surface area (Å²) in [5.41, 5.74) is 2.84. The molecule has 2 aromatic carbocycles. The monoisotopic (exact) mass is 432 g/mol. The van der Waals surface area contributed by atoms with Crippen LogP contribution in [-0.4, -0.2) is 25.8 Å². The van der Waals surface area contributed by atoms with Gasteiger partial charge in [0.1, 0.15) is 5.75 Å². The van der Waals surface area contributed by atoms with Gasteiger partial charge in [-0.15, -0.1) is 0 Å². The predicted molar refractivity (Wildman–Crippen MR) is 126 cm³/mol. The number of methoxy groups -OCH3 is 1. The molecule has 7 heteroatoms. The van der Waals surface area contributed by atoms with Crippen LogP contribution in [0.2, 0.25) is 0 Å². The van der Waals surface area contributed by atoms with Gasteiger partial charge < -0.3 is 9.30 Å². The van der Waals surface area contributed by atoms with Crippen LogP contribution in [0.4, 0.5) is 0 Å². The first-order chi connectivity index (χ1) is 15.3. The van der Waals surface area contributed by atoms with Gasteiger partial charge in [-0.2, -0.15) is 0 Å². The molecule has 0 bridgehead atoms. The zero-order chi connectivity index (χ0) is 23.0. The van der Waals surface area contributed by atoms with Crippen molar-refractivity contribution in [1.29, 1.82) is 0 Å². The van der Waals surface area contributed by atoms with E-state index >= 15 is 0 Å². The summed E-state index contributed by atoms with van der Waals surface area (Å²) in [6.07, 6.45) is 1.62. The number of hydrogen-bond donors (Lipinski definition) is 0. The molecule has 0 radical (unpaired) electrons. The molecule has 4 rings (SSSR count). The molecule has 166 valence electrons. The van der Waals surface area contributed by atoms with Crippen molar-refractivity contribution < 1.29 is 4.74 Å². The molecule has 0 amide bonds. The number of ether oxygens (including phenoxy) is 1. The fourth-order valence-corrected chi connectivity index (χ4v) is 3.92. The SMILES string of the molecule is CCn1c(=O)c2c(ncn2Cc2ccc(C(C)(C)C)cc2)n(-c2ccccc2OC)c1=O. The van der Waals surface area contributed by atoms with Crippen molar-refractivity contribution in [3.8, 4) is 11.4 Å². The molecule has 0 aliphatic rings. The second-order valence-electron chi connectivity index (χ2n) is 8.83. The third-order valence-electron chi connectivity index (χ3n) is 5.72. The van der Waals surface area contributed by atoms with Crippen LogP contribution in [0.1, 0.15) is 38.8 Å². The Balaban J connectivity index is 1.90. The number of para-hydroxylation sites is 2. The normalized spacial score (nSPS) is 11.8. The number of hydrogen-bond acceptors (Lipinski definition) is 4. The number of benzene rings is 2. The Morgan fingerprint density at radius 2 is 1.69 bits per heavy atom. The van der Waals surface area contributed by atoms with E-state index < -0.39 is 5.69 Å². The third-order valence-corrected chi connectivity index (χ3v) is 5.72. The fourth-order valence-electron chi connectivity index (χ4n) is 3.92. The van der Waals surface area contributed by atoms with Gasteiger partial charge in [0.05, 0.1) is 19.1 Å². The zero-order valence-electron chi connectivity index (χ0n) is 19.1. The number of nitrogens with zero attached hydrogens (tertiary/aromatic N) is 4. The van der Waals surface area contributed by atoms with E-state index in [1.165, 1.54) is 14.7 Å². The smallest absolute Gasteiger partial charge is 0.337 e. The standard InChI is InChI=1S/C25H28N4O3/c1-6-28-23(30)21-22(29(24(28)31)19-9-7-8-10-20(19)32-5)26-16-27(21)15-17-11-13-18(14-12-17)25(2,3)4/h7-14,16H,6,15H2,1-5H3. The topological polar surface area (TPSA) is 71.1 Å². The second kappa shape index (κ2) is 8.15. The summed E-state index contributed by atoms with van der Waals surface area (Å²) in [6.45, 7) is 9.05. The molecule has 0 saturated carbocycles. The van der Waals surface area contributed by atoms with Crippen LogP contribution in [0.3, 0.4) is 0 Å². The van der Waals surface area contributed by atoms with Crippen LogP contribution in [0.25, 0.3) is 16.9 Å². The van der Waals surface area contributed by atoms with Crippen molar-refractivity contribution in [2.45, 2.75) is 46.2 Å². The highest BCUT2D eigenvalue weighted by Gasteiger charge is 2.20. The van der Waals surface area contributed by atoms with Gasteiger partial charge in [0.25, 0.3) is 5.56 Å². The summed E-state index contributed by atoms with van der Waals surface area (Å²) in [6, 6.07) is 15.6. The molecule has 0 spiro atoms. The van der Waals surface area contributed by atoms with Crippen molar-refractivity contribution >= 4 is 11.2 Å². The number of rotatable bonds is 5. The quantitative estimate of drug-likeness (QED) is 0.482. The summed E-state index contributed by atoms with van der Waals surface area (Å²) in [5, 5.41) is 0. The van der Waals surface area contributed by atoms with Crippen molar-refractivity contribution in [3.05, 3.63) is 86.8 Å². The summed E-state index contributed by atoms with van der Waals surface area (Å²) in [7, 11) is 1.55. The molecule has 2 aromatic heterocycles. The first-order valence-corrected chi connectivity index (χ1v) is 10.7. The Bertz CT molecular complexity index is 1390. The maximum absolute atomic E-state index is 13.2. The average Bonchev–Trinajstić information content (AvgIpc) is 3.17. The number of aromatic nitrogens is 4. The molecule has 0 atom stereocenters. The van der Waals surface area contributed by atoms with Crippen molar-refractivity contribution in [2.75, 3.05) is 7.11 Å². The molecular weight excluding hydrogens is 404 g/mol. The van der Waals surface area contributed by atoms with Crippen LogP contribution in [-0.2, 0) is 18.5 Å². The van der Waals surface area contributed by atoms with E-state index in [1.807, 2.05) is 12.1 Å². The summed E-state index contributed by atoms with van der Waals surface area (Å²) < 4.78 is 9.96. The first-order valence-electron chi connectivity index (χ1n) is 10.7. The van der Waals surface area contributed by atoms with E-state index in [2.05, 4.69) is 50.0 Å². The highest BCUT2D eigenvalue weighted by Crippen LogP contribution is 2.24. The van der Waals surface area contributed by atoms with Gasteiger partial charge in [-0.05, 0) is 35.6 Å². The van der Waals surface area contributed by atoms with Crippen molar-refractivity contribution in [2.24, 2.45) is 0 Å². The van der Waals surface area contributed by atoms with Crippen molar-refractivity contribution in [1.82, 2.24) is 18.7 Å². The minimum atomic E-state index is -0.436. The molecule has 0 fully saturated rings. The molecule has 0 N–H and O–H groups in total. The molecule has 2 heterocycles. The molecule has 32 heavy (non-hydrogen) atoms. The molecule has 0 aliphatic heterocycles. The summed E-state index contributed by atoms with van der Waals surface area (Å²) in [5.74, 6) is 0.532. The van der Waals surface area contributed by atoms with E-state index in [1.54, 1.807) is 37.1 Å². The van der Waals surface area contributed by atoms with Crippen LogP contribution in [0.5, 0.6) is 5.75 Å². The first kappa shape index (κ1) is 21.6. The third kappa shape index (κ3) is 3.64. The van der Waals surface area contributed by atoms with E-state index in [9.17, 15) is 9.59 Å². The van der Waals surface area contributed by atoms with E-state index in [-0.39, 0.29) is 17.5 Å². The largest absolute Gasteiger partial charge is 0.495 e. The Hall–Kier alpha value is -3.61. The van der Waals surface area contributed by atoms with Gasteiger partial charge in [0.15, 0.2) is 11.2 Å². The molecular formula is C25H28N4O3. The Labute approximate surface area is 186 Å². The lowest BCUT2D eigenvalue weighted by molar-refractivity contribution is 0.412. The van der Waals surface area contributed by atoms with Gasteiger partial charge in [0, 0.05) is 13.1 Å². The molecule has 0 aliphatic carbocycles. The maximum atomic E-state index is 13.2. The van der Waals surface area contributed by atoms with Gasteiger partial charge in [-0.3, -0.25) is 9.36 Å². The van der Waals surface area contributed by atoms with Gasteiger partial charge in [0.2, 0.25) is 0 Å². The minimum absolute atomic E-state index is 0.0693. The van der Waals surface area contributed by atoms with Crippen LogP contribution < -0.4 is 16.0 Å². The number of imidazole rings is 1. The number of fused-ring (bicyclic) bond motifs is 1. The van der Waals surface area contributed by atoms with Crippen LogP contribution >= 0.6 is 0 Å². The zero-order valence-corrected chi connectivity index (χ0v) is 19.1. The molecule has 4 aromatic rings. The Kier molecular flexibility index (Phi) is 5.50. The molecule has 0 saturated heterocycles. The van der Waals surface area contributed by atoms with Crippen LogP contribution in [0, 0.1) is 0 Å². The average molecular weight is 433 g/mol. The Morgan fingerprint density at radius 3 is 2.31 bits per heavy atom. The highest BCUT2D eigenvalue weighted by atomic mass is 16.5. The van der Waals surface area contributed by atoms with Crippen LogP contribution in [0.15, 0.2) is 64.4 Å². The highest BCUT2D eigenvalue weighted by molar-refractivity contribution is 5.73. The van der Waals surface area contributed by atoms with E-state index in [4.69, 9.17) is 4.74 Å². The van der Waals surface area contributed by atoms with Gasteiger partial charge >= 0.3 is 5.69 Å². The predicted octanol–water partition coefficient (Wildman–Crippen LogP) is 3.72. The van der Waals surface area contributed by atoms with E-state index in [0.29, 0.717) is 29.1 Å². The minimum Gasteiger partial charge on any atom is -0.495 e. The summed E-state index contributed by atoms with van der Waals surface area (Å²) in [4.78, 5) is 30.9. The molecule has 0 unspecified atom stereocenters. The lowest BCUT2D eigenvalue weighted by Gasteiger charge is -2.19. The second-order valence-corrected chi connectivity index (χ2v) is 8.83. The molecule has 7 nitrogen and oxygen atoms in total. The van der Waals surface area contributed by atoms with Crippen molar-refractivity contribution in [3.63, 3.8) is 0 Å². The maximum Gasteiger partial charge on any atom is 0.337 e. The lowest BCUT2D eigenvalue weighted by Crippen LogP contribution is -2.39. The lowest BCUT2D eigenvalue weighted by atomic mass is 9.87. The van der Waals surface area contributed by atoms with E-state index in [0.717, 1.165) is 5.56 Å². The summed E-state index contributed by atoms with van der Waals surface area (Å²) >= 11 is 0. The van der Waals surface area contributed by atoms with Gasteiger partial charge in [-0.1, -0.05) is 57.2 Å². The Morgan fingerprint density at radius 1 is 1.00 bits per heavy atom. The van der Waals surface area contributed by atoms with Gasteiger partial charge in [-0.25, -0.2) is 14.3 Å².